The summed E-state index contributed by atoms with van der Waals surface area (Å²) in [5.41, 5.74) is 0.533. The molecule has 2 rings (SSSR count). The van der Waals surface area contributed by atoms with Crippen LogP contribution in [-0.4, -0.2) is 23.1 Å². The maximum atomic E-state index is 12.3. The average Bonchev–Trinajstić information content (AvgIpc) is 2.82. The molecule has 8 heteroatoms. The normalized spacial score (nSPS) is 11.8. The van der Waals surface area contributed by atoms with E-state index >= 15 is 0 Å². The second-order valence-electron chi connectivity index (χ2n) is 4.20. The molecule has 0 aliphatic carbocycles. The van der Waals surface area contributed by atoms with Gasteiger partial charge in [0.15, 0.2) is 0 Å². The fraction of sp³-hybridized carbons (Fsp3) is 0.250. The van der Waals surface area contributed by atoms with Gasteiger partial charge in [0.25, 0.3) is 0 Å². The molecule has 1 aromatic carbocycles. The van der Waals surface area contributed by atoms with Gasteiger partial charge in [0.1, 0.15) is 5.82 Å². The third-order valence-corrected chi connectivity index (χ3v) is 5.20. The van der Waals surface area contributed by atoms with Crippen molar-refractivity contribution in [2.24, 2.45) is 7.05 Å². The Balaban J connectivity index is 2.24. The number of benzene rings is 1. The fourth-order valence-corrected chi connectivity index (χ4v) is 3.65. The molecule has 2 aromatic rings. The van der Waals surface area contributed by atoms with Crippen molar-refractivity contribution in [2.45, 2.75) is 18.0 Å². The molecular formula is C12H14BrN3O3S. The summed E-state index contributed by atoms with van der Waals surface area (Å²) in [5, 5.41) is 9.09. The van der Waals surface area contributed by atoms with E-state index in [2.05, 4.69) is 25.6 Å². The Morgan fingerprint density at radius 2 is 2.20 bits per heavy atom. The topological polar surface area (TPSA) is 84.2 Å². The summed E-state index contributed by atoms with van der Waals surface area (Å²) in [5.74, 6) is 0.614. The summed E-state index contributed by atoms with van der Waals surface area (Å²) in [6.45, 7) is -0.114. The highest BCUT2D eigenvalue weighted by atomic mass is 79.9. The van der Waals surface area contributed by atoms with Gasteiger partial charge >= 0.3 is 0 Å². The molecule has 0 amide bonds. The third-order valence-electron chi connectivity index (χ3n) is 2.81. The fourth-order valence-electron chi connectivity index (χ4n) is 1.66. The van der Waals surface area contributed by atoms with Gasteiger partial charge in [-0.25, -0.2) is 18.1 Å². The first kappa shape index (κ1) is 15.2. The van der Waals surface area contributed by atoms with Crippen LogP contribution in [0, 0.1) is 0 Å². The first-order chi connectivity index (χ1) is 9.44. The quantitative estimate of drug-likeness (QED) is 0.838. The van der Waals surface area contributed by atoms with Crippen molar-refractivity contribution in [3.63, 3.8) is 0 Å². The van der Waals surface area contributed by atoms with Crippen molar-refractivity contribution < 1.29 is 13.5 Å². The maximum Gasteiger partial charge on any atom is 0.242 e. The lowest BCUT2D eigenvalue weighted by Crippen LogP contribution is -2.25. The van der Waals surface area contributed by atoms with Gasteiger partial charge in [-0.05, 0) is 33.6 Å². The van der Waals surface area contributed by atoms with Crippen LogP contribution in [0.5, 0.6) is 0 Å². The number of sulfonamides is 1. The van der Waals surface area contributed by atoms with E-state index in [1.54, 1.807) is 36.1 Å². The molecule has 0 aliphatic heterocycles. The van der Waals surface area contributed by atoms with E-state index in [0.29, 0.717) is 15.9 Å². The van der Waals surface area contributed by atoms with Gasteiger partial charge in [0.05, 0.1) is 18.0 Å². The highest BCUT2D eigenvalue weighted by Gasteiger charge is 2.18. The number of rotatable bonds is 5. The van der Waals surface area contributed by atoms with Crippen LogP contribution < -0.4 is 4.72 Å². The Morgan fingerprint density at radius 3 is 2.80 bits per heavy atom. The summed E-state index contributed by atoms with van der Waals surface area (Å²) < 4.78 is 29.2. The summed E-state index contributed by atoms with van der Waals surface area (Å²) in [6.07, 6.45) is 3.35. The van der Waals surface area contributed by atoms with Crippen LogP contribution in [0.15, 0.2) is 40.0 Å². The van der Waals surface area contributed by atoms with Crippen LogP contribution in [0.25, 0.3) is 0 Å². The molecule has 0 atom stereocenters. The Bertz CT molecular complexity index is 712. The van der Waals surface area contributed by atoms with Crippen molar-refractivity contribution in [2.75, 3.05) is 0 Å². The summed E-state index contributed by atoms with van der Waals surface area (Å²) in [4.78, 5) is 4.15. The number of aliphatic hydroxyl groups excluding tert-OH is 1. The number of aromatic nitrogens is 2. The minimum absolute atomic E-state index is 0.0956. The van der Waals surface area contributed by atoms with Crippen LogP contribution >= 0.6 is 15.9 Å². The third kappa shape index (κ3) is 3.26. The van der Waals surface area contributed by atoms with Crippen LogP contribution in [0.1, 0.15) is 11.4 Å². The molecule has 0 saturated carbocycles. The molecule has 1 heterocycles. The van der Waals surface area contributed by atoms with Crippen molar-refractivity contribution >= 4 is 26.0 Å². The van der Waals surface area contributed by atoms with E-state index in [1.165, 1.54) is 6.07 Å². The highest BCUT2D eigenvalue weighted by Crippen LogP contribution is 2.23. The van der Waals surface area contributed by atoms with Crippen LogP contribution in [0.4, 0.5) is 0 Å². The number of aliphatic hydroxyl groups is 1. The molecule has 20 heavy (non-hydrogen) atoms. The second kappa shape index (κ2) is 6.04. The largest absolute Gasteiger partial charge is 0.392 e. The molecule has 0 spiro atoms. The van der Waals surface area contributed by atoms with Crippen LogP contribution in [0.3, 0.4) is 0 Å². The number of halogens is 1. The van der Waals surface area contributed by atoms with Gasteiger partial charge in [-0.3, -0.25) is 0 Å². The van der Waals surface area contributed by atoms with E-state index in [-0.39, 0.29) is 18.0 Å². The number of hydrogen-bond donors (Lipinski definition) is 2. The summed E-state index contributed by atoms with van der Waals surface area (Å²) >= 11 is 3.21. The lowest BCUT2D eigenvalue weighted by atomic mass is 10.2. The number of imidazole rings is 1. The standard InChI is InChI=1S/C12H14BrN3O3S/c1-16-5-4-14-12(16)7-15-20(18,19)11-6-9(8-17)2-3-10(11)13/h2-6,15,17H,7-8H2,1H3. The van der Waals surface area contributed by atoms with Crippen LogP contribution in [-0.2, 0) is 30.2 Å². The number of nitrogens with one attached hydrogen (secondary N) is 1. The van der Waals surface area contributed by atoms with E-state index in [4.69, 9.17) is 5.11 Å². The van der Waals surface area contributed by atoms with Crippen molar-refractivity contribution in [1.29, 1.82) is 0 Å². The van der Waals surface area contributed by atoms with Crippen molar-refractivity contribution in [3.8, 4) is 0 Å². The Labute approximate surface area is 125 Å². The zero-order valence-corrected chi connectivity index (χ0v) is 13.1. The van der Waals surface area contributed by atoms with Gasteiger partial charge in [-0.15, -0.1) is 0 Å². The molecule has 108 valence electrons. The van der Waals surface area contributed by atoms with E-state index < -0.39 is 10.0 Å². The summed E-state index contributed by atoms with van der Waals surface area (Å²) in [7, 11) is -1.89. The number of aryl methyl sites for hydroxylation is 1. The molecule has 0 saturated heterocycles. The first-order valence-corrected chi connectivity index (χ1v) is 8.07. The van der Waals surface area contributed by atoms with Crippen molar-refractivity contribution in [3.05, 3.63) is 46.5 Å². The zero-order chi connectivity index (χ0) is 14.8. The molecule has 1 aromatic heterocycles. The Morgan fingerprint density at radius 1 is 1.45 bits per heavy atom. The predicted octanol–water partition coefficient (Wildman–Crippen LogP) is 1.15. The number of hydrogen-bond acceptors (Lipinski definition) is 4. The molecule has 2 N–H and O–H groups in total. The lowest BCUT2D eigenvalue weighted by Gasteiger charge is -2.09. The van der Waals surface area contributed by atoms with Gasteiger partial charge in [-0.1, -0.05) is 6.07 Å². The molecule has 0 bridgehead atoms. The lowest BCUT2D eigenvalue weighted by molar-refractivity contribution is 0.281. The smallest absolute Gasteiger partial charge is 0.242 e. The van der Waals surface area contributed by atoms with Crippen molar-refractivity contribution in [1.82, 2.24) is 14.3 Å². The molecule has 6 nitrogen and oxygen atoms in total. The zero-order valence-electron chi connectivity index (χ0n) is 10.7. The van der Waals surface area contributed by atoms with E-state index in [1.807, 2.05) is 0 Å². The molecule has 0 aliphatic rings. The van der Waals surface area contributed by atoms with Gasteiger partial charge in [0, 0.05) is 23.9 Å². The molecule has 0 unspecified atom stereocenters. The Kier molecular flexibility index (Phi) is 4.59. The second-order valence-corrected chi connectivity index (χ2v) is 6.79. The monoisotopic (exact) mass is 359 g/mol. The minimum Gasteiger partial charge on any atom is -0.392 e. The Hall–Kier alpha value is -1.22. The van der Waals surface area contributed by atoms with Gasteiger partial charge in [0.2, 0.25) is 10.0 Å². The molecule has 0 radical (unpaired) electrons. The summed E-state index contributed by atoms with van der Waals surface area (Å²) in [6, 6.07) is 4.69. The predicted molar refractivity (Wildman–Crippen MR) is 77.3 cm³/mol. The minimum atomic E-state index is -3.68. The SMILES string of the molecule is Cn1ccnc1CNS(=O)(=O)c1cc(CO)ccc1Br. The first-order valence-electron chi connectivity index (χ1n) is 5.79. The van der Waals surface area contributed by atoms with Gasteiger partial charge in [-0.2, -0.15) is 0 Å². The number of nitrogens with zero attached hydrogens (tertiary/aromatic N) is 2. The van der Waals surface area contributed by atoms with E-state index in [9.17, 15) is 8.42 Å². The molecular weight excluding hydrogens is 346 g/mol. The molecule has 0 fully saturated rings. The average molecular weight is 360 g/mol. The van der Waals surface area contributed by atoms with Crippen LogP contribution in [0.2, 0.25) is 0 Å². The van der Waals surface area contributed by atoms with E-state index in [0.717, 1.165) is 0 Å². The highest BCUT2D eigenvalue weighted by molar-refractivity contribution is 9.10. The maximum absolute atomic E-state index is 12.3. The van der Waals surface area contributed by atoms with Gasteiger partial charge < -0.3 is 9.67 Å².